The second kappa shape index (κ2) is 6.93. The molecule has 8 nitrogen and oxygen atoms in total. The Morgan fingerprint density at radius 2 is 2.11 bits per heavy atom. The Hall–Kier alpha value is -3.47. The van der Waals surface area contributed by atoms with Gasteiger partial charge in [-0.05, 0) is 43.4 Å². The number of carbonyl (C=O) groups excluding carboxylic acids is 2. The van der Waals surface area contributed by atoms with Crippen molar-refractivity contribution in [3.63, 3.8) is 0 Å². The largest absolute Gasteiger partial charge is 0.325 e. The molecule has 2 fully saturated rings. The number of carbonyl (C=O) groups is 2. The third-order valence-corrected chi connectivity index (χ3v) is 5.23. The summed E-state index contributed by atoms with van der Waals surface area (Å²) in [5.41, 5.74) is 0.461. The summed E-state index contributed by atoms with van der Waals surface area (Å²) in [7, 11) is 0. The summed E-state index contributed by atoms with van der Waals surface area (Å²) in [5, 5.41) is 15.4. The maximum Gasteiger partial charge on any atom is 0.247 e. The number of anilines is 4. The van der Waals surface area contributed by atoms with Crippen LogP contribution < -0.4 is 15.5 Å². The summed E-state index contributed by atoms with van der Waals surface area (Å²) >= 11 is 0. The van der Waals surface area contributed by atoms with E-state index < -0.39 is 5.41 Å². The molecule has 3 heterocycles. The zero-order valence-electron chi connectivity index (χ0n) is 15.5. The highest BCUT2D eigenvalue weighted by Crippen LogP contribution is 2.51. The summed E-state index contributed by atoms with van der Waals surface area (Å²) in [6.07, 6.45) is 5.66. The normalized spacial score (nSPS) is 21.3. The molecule has 1 saturated heterocycles. The van der Waals surface area contributed by atoms with Crippen LogP contribution in [0, 0.1) is 22.7 Å². The first kappa shape index (κ1) is 17.9. The Morgan fingerprint density at radius 3 is 2.75 bits per heavy atom. The second-order valence-electron chi connectivity index (χ2n) is 7.20. The Labute approximate surface area is 162 Å². The molecule has 142 valence electrons. The Balaban J connectivity index is 1.50. The van der Waals surface area contributed by atoms with Gasteiger partial charge in [-0.15, -0.1) is 0 Å². The number of aromatic nitrogens is 2. The van der Waals surface area contributed by atoms with Gasteiger partial charge in [-0.2, -0.15) is 5.26 Å². The number of nitrogens with one attached hydrogen (secondary N) is 2. The smallest absolute Gasteiger partial charge is 0.247 e. The molecule has 2 aromatic heterocycles. The van der Waals surface area contributed by atoms with Crippen molar-refractivity contribution < 1.29 is 9.59 Å². The Bertz CT molecular complexity index is 963. The molecule has 0 aromatic carbocycles. The van der Waals surface area contributed by atoms with Gasteiger partial charge in [0.15, 0.2) is 0 Å². The van der Waals surface area contributed by atoms with E-state index >= 15 is 0 Å². The first-order valence-electron chi connectivity index (χ1n) is 9.22. The number of hydrogen-bond acceptors (Lipinski definition) is 6. The predicted molar refractivity (Wildman–Crippen MR) is 104 cm³/mol. The maximum absolute atomic E-state index is 13.0. The maximum atomic E-state index is 13.0. The van der Waals surface area contributed by atoms with Crippen molar-refractivity contribution in [3.8, 4) is 6.07 Å². The van der Waals surface area contributed by atoms with Crippen LogP contribution in [0.3, 0.4) is 0 Å². The molecule has 1 saturated carbocycles. The molecule has 4 rings (SSSR count). The minimum Gasteiger partial charge on any atom is -0.325 e. The molecule has 0 radical (unpaired) electrons. The van der Waals surface area contributed by atoms with E-state index in [1.165, 1.54) is 6.92 Å². The van der Waals surface area contributed by atoms with Crippen LogP contribution in [0.5, 0.6) is 0 Å². The van der Waals surface area contributed by atoms with Crippen molar-refractivity contribution in [2.75, 3.05) is 22.1 Å². The third kappa shape index (κ3) is 3.27. The van der Waals surface area contributed by atoms with E-state index in [4.69, 9.17) is 0 Å². The SMILES string of the molecule is CC(=O)Nc1ccc(Nc2cc(N3CC[C@@](C#N)(C4CC4)C3=O)ccn2)nc1. The highest BCUT2D eigenvalue weighted by atomic mass is 16.2. The van der Waals surface area contributed by atoms with Crippen LogP contribution in [-0.4, -0.2) is 28.3 Å². The van der Waals surface area contributed by atoms with Crippen LogP contribution >= 0.6 is 0 Å². The highest BCUT2D eigenvalue weighted by molar-refractivity contribution is 6.02. The number of hydrogen-bond donors (Lipinski definition) is 2. The molecule has 28 heavy (non-hydrogen) atoms. The molecule has 2 N–H and O–H groups in total. The molecule has 0 spiro atoms. The van der Waals surface area contributed by atoms with Crippen LogP contribution in [0.15, 0.2) is 36.7 Å². The fourth-order valence-electron chi connectivity index (χ4n) is 3.67. The molecular formula is C20H20N6O2. The highest BCUT2D eigenvalue weighted by Gasteiger charge is 2.56. The summed E-state index contributed by atoms with van der Waals surface area (Å²) in [6, 6.07) is 9.32. The summed E-state index contributed by atoms with van der Waals surface area (Å²) in [5.74, 6) is 1.04. The Kier molecular flexibility index (Phi) is 4.43. The fraction of sp³-hybridized carbons (Fsp3) is 0.350. The molecule has 0 unspecified atom stereocenters. The molecule has 2 amide bonds. The van der Waals surface area contributed by atoms with Gasteiger partial charge < -0.3 is 15.5 Å². The zero-order chi connectivity index (χ0) is 19.7. The summed E-state index contributed by atoms with van der Waals surface area (Å²) in [6.45, 7) is 1.97. The number of nitrogens with zero attached hydrogens (tertiary/aromatic N) is 4. The standard InChI is InChI=1S/C20H20N6O2/c1-13(27)24-15-4-5-17(23-11-15)25-18-10-16(6-8-22-18)26-9-7-20(12-21,19(26)28)14-2-3-14/h4-6,8,10-11,14H,2-3,7,9H2,1H3,(H,24,27)(H,22,23,25)/t20-/m1/s1. The number of amides is 2. The molecule has 1 atom stereocenters. The molecule has 0 bridgehead atoms. The van der Waals surface area contributed by atoms with Crippen LogP contribution in [0.2, 0.25) is 0 Å². The van der Waals surface area contributed by atoms with E-state index in [-0.39, 0.29) is 17.7 Å². The minimum absolute atomic E-state index is 0.104. The third-order valence-electron chi connectivity index (χ3n) is 5.23. The number of rotatable bonds is 5. The lowest BCUT2D eigenvalue weighted by Crippen LogP contribution is -2.35. The van der Waals surface area contributed by atoms with E-state index in [1.807, 2.05) is 0 Å². The summed E-state index contributed by atoms with van der Waals surface area (Å²) in [4.78, 5) is 34.2. The number of nitriles is 1. The predicted octanol–water partition coefficient (Wildman–Crippen LogP) is 2.84. The molecular weight excluding hydrogens is 356 g/mol. The van der Waals surface area contributed by atoms with Gasteiger partial charge in [0.05, 0.1) is 18.0 Å². The van der Waals surface area contributed by atoms with Gasteiger partial charge in [0, 0.05) is 31.4 Å². The van der Waals surface area contributed by atoms with E-state index in [1.54, 1.807) is 41.6 Å². The quantitative estimate of drug-likeness (QED) is 0.830. The fourth-order valence-corrected chi connectivity index (χ4v) is 3.67. The van der Waals surface area contributed by atoms with Gasteiger partial charge >= 0.3 is 0 Å². The van der Waals surface area contributed by atoms with Gasteiger partial charge in [0.1, 0.15) is 17.1 Å². The van der Waals surface area contributed by atoms with Crippen LogP contribution in [-0.2, 0) is 9.59 Å². The van der Waals surface area contributed by atoms with Crippen LogP contribution in [0.4, 0.5) is 23.0 Å². The van der Waals surface area contributed by atoms with E-state index in [0.717, 1.165) is 18.5 Å². The van der Waals surface area contributed by atoms with Crippen molar-refractivity contribution in [1.29, 1.82) is 5.26 Å². The lowest BCUT2D eigenvalue weighted by molar-refractivity contribution is -0.123. The zero-order valence-corrected chi connectivity index (χ0v) is 15.5. The Morgan fingerprint density at radius 1 is 1.29 bits per heavy atom. The molecule has 1 aliphatic carbocycles. The minimum atomic E-state index is -0.863. The van der Waals surface area contributed by atoms with E-state index in [9.17, 15) is 14.9 Å². The monoisotopic (exact) mass is 376 g/mol. The first-order chi connectivity index (χ1) is 13.5. The molecule has 8 heteroatoms. The lowest BCUT2D eigenvalue weighted by atomic mass is 9.83. The molecule has 1 aliphatic heterocycles. The second-order valence-corrected chi connectivity index (χ2v) is 7.20. The van der Waals surface area contributed by atoms with Crippen molar-refractivity contribution >= 4 is 34.8 Å². The van der Waals surface area contributed by atoms with E-state index in [0.29, 0.717) is 30.3 Å². The van der Waals surface area contributed by atoms with Gasteiger partial charge in [-0.3, -0.25) is 9.59 Å². The average molecular weight is 376 g/mol. The van der Waals surface area contributed by atoms with Gasteiger partial charge in [-0.25, -0.2) is 9.97 Å². The van der Waals surface area contributed by atoms with Crippen LogP contribution in [0.1, 0.15) is 26.2 Å². The van der Waals surface area contributed by atoms with Crippen molar-refractivity contribution in [1.82, 2.24) is 9.97 Å². The van der Waals surface area contributed by atoms with Gasteiger partial charge in [0.25, 0.3) is 0 Å². The van der Waals surface area contributed by atoms with Gasteiger partial charge in [0.2, 0.25) is 11.8 Å². The topological polar surface area (TPSA) is 111 Å². The van der Waals surface area contributed by atoms with Crippen molar-refractivity contribution in [2.45, 2.75) is 26.2 Å². The van der Waals surface area contributed by atoms with Crippen LogP contribution in [0.25, 0.3) is 0 Å². The average Bonchev–Trinajstić information content (AvgIpc) is 3.47. The van der Waals surface area contributed by atoms with Crippen molar-refractivity contribution in [3.05, 3.63) is 36.7 Å². The molecule has 2 aromatic rings. The lowest BCUT2D eigenvalue weighted by Gasteiger charge is -2.21. The molecule has 2 aliphatic rings. The van der Waals surface area contributed by atoms with E-state index in [2.05, 4.69) is 26.7 Å². The van der Waals surface area contributed by atoms with Crippen molar-refractivity contribution in [2.24, 2.45) is 11.3 Å². The first-order valence-corrected chi connectivity index (χ1v) is 9.22. The summed E-state index contributed by atoms with van der Waals surface area (Å²) < 4.78 is 0. The van der Waals surface area contributed by atoms with Gasteiger partial charge in [-0.1, -0.05) is 0 Å². The number of pyridine rings is 2.